The highest BCUT2D eigenvalue weighted by molar-refractivity contribution is 5.81. The summed E-state index contributed by atoms with van der Waals surface area (Å²) >= 11 is 0. The van der Waals surface area contributed by atoms with Gasteiger partial charge in [0.2, 0.25) is 11.8 Å². The fourth-order valence-electron chi connectivity index (χ4n) is 2.44. The van der Waals surface area contributed by atoms with Crippen molar-refractivity contribution >= 4 is 11.8 Å². The minimum atomic E-state index is -0.403. The van der Waals surface area contributed by atoms with Crippen LogP contribution < -0.4 is 15.4 Å². The second kappa shape index (κ2) is 10.2. The highest BCUT2D eigenvalue weighted by Gasteiger charge is 2.20. The van der Waals surface area contributed by atoms with Gasteiger partial charge in [0.15, 0.2) is 0 Å². The van der Waals surface area contributed by atoms with Gasteiger partial charge in [0.05, 0.1) is 13.2 Å². The fraction of sp³-hybridized carbons (Fsp3) is 0.600. The summed E-state index contributed by atoms with van der Waals surface area (Å²) in [6.45, 7) is 6.66. The molecule has 1 aromatic carbocycles. The van der Waals surface area contributed by atoms with Crippen LogP contribution in [0.25, 0.3) is 0 Å². The van der Waals surface area contributed by atoms with Crippen molar-refractivity contribution in [3.8, 4) is 5.75 Å². The molecule has 0 saturated carbocycles. The number of amides is 2. The topological polar surface area (TPSA) is 70.7 Å². The Balaban J connectivity index is 2.41. The lowest BCUT2D eigenvalue weighted by molar-refractivity contribution is -0.128. The van der Waals surface area contributed by atoms with Crippen molar-refractivity contribution in [1.82, 2.24) is 15.5 Å². The van der Waals surface area contributed by atoms with E-state index in [1.54, 1.807) is 7.11 Å². The number of carbonyl (C=O) groups is 2. The monoisotopic (exact) mass is 363 g/mol. The minimum Gasteiger partial charge on any atom is -0.497 e. The molecule has 1 rings (SSSR count). The summed E-state index contributed by atoms with van der Waals surface area (Å²) < 4.78 is 5.19. The smallest absolute Gasteiger partial charge is 0.225 e. The Morgan fingerprint density at radius 3 is 2.23 bits per heavy atom. The van der Waals surface area contributed by atoms with Crippen LogP contribution in [0.1, 0.15) is 45.2 Å². The Bertz CT molecular complexity index is 577. The van der Waals surface area contributed by atoms with Gasteiger partial charge in [-0.3, -0.25) is 9.59 Å². The van der Waals surface area contributed by atoms with E-state index in [2.05, 4.69) is 15.5 Å². The Morgan fingerprint density at radius 2 is 1.73 bits per heavy atom. The van der Waals surface area contributed by atoms with Gasteiger partial charge in [-0.05, 0) is 38.2 Å². The normalized spacial score (nSPS) is 12.6. The maximum atomic E-state index is 12.1. The number of nitrogens with zero attached hydrogens (tertiary/aromatic N) is 1. The molecular formula is C20H33N3O3. The molecule has 0 radical (unpaired) electrons. The van der Waals surface area contributed by atoms with E-state index in [9.17, 15) is 9.59 Å². The van der Waals surface area contributed by atoms with Crippen LogP contribution in [0.4, 0.5) is 0 Å². The van der Waals surface area contributed by atoms with E-state index in [1.165, 1.54) is 0 Å². The van der Waals surface area contributed by atoms with Crippen LogP contribution in [0.2, 0.25) is 0 Å². The molecule has 146 valence electrons. The Morgan fingerprint density at radius 1 is 1.12 bits per heavy atom. The molecular weight excluding hydrogens is 330 g/mol. The van der Waals surface area contributed by atoms with Crippen LogP contribution in [0, 0.1) is 5.41 Å². The molecule has 0 saturated heterocycles. The number of hydrogen-bond donors (Lipinski definition) is 2. The molecule has 0 bridgehead atoms. The van der Waals surface area contributed by atoms with E-state index in [-0.39, 0.29) is 17.9 Å². The first-order chi connectivity index (χ1) is 12.1. The fourth-order valence-corrected chi connectivity index (χ4v) is 2.44. The summed E-state index contributed by atoms with van der Waals surface area (Å²) in [5.41, 5.74) is 0.716. The van der Waals surface area contributed by atoms with Gasteiger partial charge >= 0.3 is 0 Å². The summed E-state index contributed by atoms with van der Waals surface area (Å²) in [4.78, 5) is 25.9. The highest BCUT2D eigenvalue weighted by Crippen LogP contribution is 2.20. The summed E-state index contributed by atoms with van der Waals surface area (Å²) in [6, 6.07) is 7.96. The lowest BCUT2D eigenvalue weighted by atomic mass is 9.96. The molecule has 0 aliphatic heterocycles. The first-order valence-electron chi connectivity index (χ1n) is 9.00. The second-order valence-electron chi connectivity index (χ2n) is 7.67. The number of rotatable bonds is 9. The van der Waals surface area contributed by atoms with Crippen molar-refractivity contribution in [2.24, 2.45) is 5.41 Å². The number of hydrogen-bond acceptors (Lipinski definition) is 4. The largest absolute Gasteiger partial charge is 0.497 e. The van der Waals surface area contributed by atoms with Gasteiger partial charge in [-0.15, -0.1) is 0 Å². The van der Waals surface area contributed by atoms with Gasteiger partial charge in [0, 0.05) is 24.9 Å². The van der Waals surface area contributed by atoms with E-state index < -0.39 is 5.41 Å². The van der Waals surface area contributed by atoms with E-state index in [0.29, 0.717) is 25.9 Å². The summed E-state index contributed by atoms with van der Waals surface area (Å²) in [7, 11) is 5.62. The molecule has 2 amide bonds. The van der Waals surface area contributed by atoms with Gasteiger partial charge < -0.3 is 20.3 Å². The molecule has 26 heavy (non-hydrogen) atoms. The van der Waals surface area contributed by atoms with Crippen LogP contribution in [0.3, 0.4) is 0 Å². The summed E-state index contributed by atoms with van der Waals surface area (Å²) in [5.74, 6) is 0.813. The number of benzene rings is 1. The summed E-state index contributed by atoms with van der Waals surface area (Å²) in [5, 5.41) is 5.84. The first kappa shape index (κ1) is 22.0. The first-order valence-corrected chi connectivity index (χ1v) is 9.00. The molecule has 1 unspecified atom stereocenters. The predicted molar refractivity (Wildman–Crippen MR) is 104 cm³/mol. The Labute approximate surface area is 157 Å². The molecule has 0 heterocycles. The third-order valence-corrected chi connectivity index (χ3v) is 4.16. The van der Waals surface area contributed by atoms with Gasteiger partial charge in [0.1, 0.15) is 5.75 Å². The second-order valence-corrected chi connectivity index (χ2v) is 7.67. The van der Waals surface area contributed by atoms with Crippen LogP contribution in [-0.2, 0) is 9.59 Å². The van der Waals surface area contributed by atoms with Crippen LogP contribution in [-0.4, -0.2) is 51.0 Å². The highest BCUT2D eigenvalue weighted by atomic mass is 16.5. The van der Waals surface area contributed by atoms with E-state index in [4.69, 9.17) is 4.74 Å². The number of methoxy groups -OCH3 is 1. The SMILES string of the molecule is COc1ccc(C(CNC(=O)CCCNC(=O)C(C)(C)C)N(C)C)cc1. The van der Waals surface area contributed by atoms with Gasteiger partial charge in [-0.25, -0.2) is 0 Å². The van der Waals surface area contributed by atoms with Crippen molar-refractivity contribution in [1.29, 1.82) is 0 Å². The molecule has 1 aromatic rings. The third-order valence-electron chi connectivity index (χ3n) is 4.16. The lowest BCUT2D eigenvalue weighted by Gasteiger charge is -2.25. The van der Waals surface area contributed by atoms with Gasteiger partial charge in [-0.2, -0.15) is 0 Å². The van der Waals surface area contributed by atoms with Gasteiger partial charge in [0.25, 0.3) is 0 Å². The van der Waals surface area contributed by atoms with Crippen LogP contribution in [0.5, 0.6) is 5.75 Å². The molecule has 0 spiro atoms. The van der Waals surface area contributed by atoms with Crippen molar-refractivity contribution in [3.63, 3.8) is 0 Å². The van der Waals surface area contributed by atoms with Crippen molar-refractivity contribution < 1.29 is 14.3 Å². The van der Waals surface area contributed by atoms with Crippen LogP contribution in [0.15, 0.2) is 24.3 Å². The van der Waals surface area contributed by atoms with Crippen molar-refractivity contribution in [3.05, 3.63) is 29.8 Å². The zero-order valence-corrected chi connectivity index (χ0v) is 16.9. The number of ether oxygens (including phenoxy) is 1. The Hall–Kier alpha value is -2.08. The average molecular weight is 364 g/mol. The van der Waals surface area contributed by atoms with Crippen molar-refractivity contribution in [2.75, 3.05) is 34.3 Å². The molecule has 0 aliphatic rings. The average Bonchev–Trinajstić information content (AvgIpc) is 2.58. The zero-order chi connectivity index (χ0) is 19.7. The molecule has 2 N–H and O–H groups in total. The van der Waals surface area contributed by atoms with Gasteiger partial charge in [-0.1, -0.05) is 32.9 Å². The maximum absolute atomic E-state index is 12.1. The molecule has 6 heteroatoms. The van der Waals surface area contributed by atoms with E-state index in [1.807, 2.05) is 59.1 Å². The van der Waals surface area contributed by atoms with Crippen molar-refractivity contribution in [2.45, 2.75) is 39.7 Å². The molecule has 0 fully saturated rings. The lowest BCUT2D eigenvalue weighted by Crippen LogP contribution is -2.36. The Kier molecular flexibility index (Phi) is 8.58. The molecule has 0 aromatic heterocycles. The molecule has 0 aliphatic carbocycles. The number of likely N-dealkylation sites (N-methyl/N-ethyl adjacent to an activating group) is 1. The maximum Gasteiger partial charge on any atom is 0.225 e. The quantitative estimate of drug-likeness (QED) is 0.661. The molecule has 1 atom stereocenters. The summed E-state index contributed by atoms with van der Waals surface area (Å²) in [6.07, 6.45) is 1.02. The minimum absolute atomic E-state index is 0.00429. The number of carbonyl (C=O) groups excluding carboxylic acids is 2. The predicted octanol–water partition coefficient (Wildman–Crippen LogP) is 2.36. The standard InChI is InChI=1S/C20H33N3O3/c1-20(2,3)19(25)21-13-7-8-18(24)22-14-17(23(4)5)15-9-11-16(26-6)12-10-15/h9-12,17H,7-8,13-14H2,1-6H3,(H,21,25)(H,22,24). The molecule has 6 nitrogen and oxygen atoms in total. The van der Waals surface area contributed by atoms with Crippen LogP contribution >= 0.6 is 0 Å². The van der Waals surface area contributed by atoms with E-state index >= 15 is 0 Å². The zero-order valence-electron chi connectivity index (χ0n) is 16.9. The third kappa shape index (κ3) is 7.44. The van der Waals surface area contributed by atoms with E-state index in [0.717, 1.165) is 11.3 Å². The number of nitrogens with one attached hydrogen (secondary N) is 2.